The van der Waals surface area contributed by atoms with Gasteiger partial charge in [0.2, 0.25) is 17.5 Å². The first-order valence-corrected chi connectivity index (χ1v) is 3.54. The van der Waals surface area contributed by atoms with Gasteiger partial charge in [0, 0.05) is 6.92 Å². The van der Waals surface area contributed by atoms with Crippen LogP contribution in [0.3, 0.4) is 0 Å². The molecule has 13 heavy (non-hydrogen) atoms. The number of aromatic nitrogens is 2. The third kappa shape index (κ3) is 2.36. The van der Waals surface area contributed by atoms with Gasteiger partial charge in [0.25, 0.3) is 0 Å². The lowest BCUT2D eigenvalue weighted by atomic mass is 10.3. The molecule has 0 amide bonds. The molecule has 0 unspecified atom stereocenters. The Balaban J connectivity index is 2.64. The number of esters is 1. The van der Waals surface area contributed by atoms with Gasteiger partial charge < -0.3 is 9.26 Å². The molecule has 0 N–H and O–H groups in total. The fourth-order valence-corrected chi connectivity index (χ4v) is 0.695. The van der Waals surface area contributed by atoms with Crippen molar-refractivity contribution in [3.63, 3.8) is 0 Å². The first-order chi connectivity index (χ1) is 6.13. The number of carbonyl (C=O) groups excluding carboxylic acids is 2. The van der Waals surface area contributed by atoms with E-state index in [1.165, 1.54) is 7.11 Å². The number of aryl methyl sites for hydroxylation is 1. The Bertz CT molecular complexity index is 331. The molecule has 0 saturated carbocycles. The number of hydrogen-bond donors (Lipinski definition) is 0. The predicted octanol–water partition coefficient (Wildman–Crippen LogP) is 0.124. The van der Waals surface area contributed by atoms with Gasteiger partial charge in [-0.3, -0.25) is 9.59 Å². The van der Waals surface area contributed by atoms with Crippen LogP contribution in [-0.2, 0) is 9.53 Å². The van der Waals surface area contributed by atoms with Crippen molar-refractivity contribution in [2.75, 3.05) is 7.11 Å². The van der Waals surface area contributed by atoms with Gasteiger partial charge in [-0.15, -0.1) is 0 Å². The Morgan fingerprint density at radius 3 is 2.69 bits per heavy atom. The molecule has 0 aliphatic heterocycles. The van der Waals surface area contributed by atoms with Crippen LogP contribution >= 0.6 is 0 Å². The first-order valence-electron chi connectivity index (χ1n) is 3.54. The van der Waals surface area contributed by atoms with E-state index in [-0.39, 0.29) is 18.1 Å². The third-order valence-corrected chi connectivity index (χ3v) is 1.31. The summed E-state index contributed by atoms with van der Waals surface area (Å²) in [5.74, 6) is -0.938. The molecule has 0 aliphatic rings. The number of carbonyl (C=O) groups is 2. The van der Waals surface area contributed by atoms with E-state index in [2.05, 4.69) is 19.4 Å². The molecule has 1 aromatic rings. The molecule has 1 aromatic heterocycles. The largest absolute Gasteiger partial charge is 0.469 e. The van der Waals surface area contributed by atoms with Crippen molar-refractivity contribution in [1.82, 2.24) is 10.1 Å². The Morgan fingerprint density at radius 1 is 1.54 bits per heavy atom. The highest BCUT2D eigenvalue weighted by Gasteiger charge is 2.16. The van der Waals surface area contributed by atoms with Crippen LogP contribution in [0.2, 0.25) is 0 Å². The second-order valence-electron chi connectivity index (χ2n) is 2.31. The van der Waals surface area contributed by atoms with Crippen molar-refractivity contribution < 1.29 is 18.8 Å². The number of methoxy groups -OCH3 is 1. The molecule has 0 aliphatic carbocycles. The minimum atomic E-state index is -0.618. The lowest BCUT2D eigenvalue weighted by molar-refractivity contribution is -0.139. The van der Waals surface area contributed by atoms with Crippen LogP contribution in [0.5, 0.6) is 0 Å². The lowest BCUT2D eigenvalue weighted by Crippen LogP contribution is -2.10. The molecule has 1 heterocycles. The van der Waals surface area contributed by atoms with Gasteiger partial charge in [0.05, 0.1) is 7.11 Å². The van der Waals surface area contributed by atoms with E-state index in [1.807, 2.05) is 0 Å². The molecule has 1 rings (SSSR count). The monoisotopic (exact) mass is 184 g/mol. The van der Waals surface area contributed by atoms with Gasteiger partial charge in [-0.25, -0.2) is 0 Å². The fraction of sp³-hybridized carbons (Fsp3) is 0.429. The Kier molecular flexibility index (Phi) is 2.73. The molecule has 0 radical (unpaired) electrons. The highest BCUT2D eigenvalue weighted by atomic mass is 16.5. The van der Waals surface area contributed by atoms with E-state index in [0.29, 0.717) is 0 Å². The topological polar surface area (TPSA) is 82.3 Å². The summed E-state index contributed by atoms with van der Waals surface area (Å²) >= 11 is 0. The maximum atomic E-state index is 11.1. The molecule has 6 nitrogen and oxygen atoms in total. The van der Waals surface area contributed by atoms with E-state index in [4.69, 9.17) is 0 Å². The van der Waals surface area contributed by atoms with E-state index in [0.717, 1.165) is 0 Å². The molecule has 0 aromatic carbocycles. The van der Waals surface area contributed by atoms with E-state index < -0.39 is 11.8 Å². The molecular weight excluding hydrogens is 176 g/mol. The normalized spacial score (nSPS) is 9.69. The molecular formula is C7H8N2O4. The summed E-state index contributed by atoms with van der Waals surface area (Å²) in [6.45, 7) is 1.56. The second kappa shape index (κ2) is 3.79. The van der Waals surface area contributed by atoms with Crippen LogP contribution in [0.1, 0.15) is 22.9 Å². The number of Topliss-reactive ketones (excluding diaryl/α,β-unsaturated/α-hetero) is 1. The van der Waals surface area contributed by atoms with Crippen LogP contribution in [0, 0.1) is 6.92 Å². The summed E-state index contributed by atoms with van der Waals surface area (Å²) in [6, 6.07) is 0. The van der Waals surface area contributed by atoms with Crippen molar-refractivity contribution in [1.29, 1.82) is 0 Å². The molecule has 0 bridgehead atoms. The lowest BCUT2D eigenvalue weighted by Gasteiger charge is -1.93. The Morgan fingerprint density at radius 2 is 2.23 bits per heavy atom. The highest BCUT2D eigenvalue weighted by molar-refractivity contribution is 6.03. The fourth-order valence-electron chi connectivity index (χ4n) is 0.695. The average molecular weight is 184 g/mol. The second-order valence-corrected chi connectivity index (χ2v) is 2.31. The SMILES string of the molecule is COC(=O)CC(=O)c1noc(C)n1. The molecule has 0 fully saturated rings. The van der Waals surface area contributed by atoms with Gasteiger partial charge in [0.15, 0.2) is 0 Å². The van der Waals surface area contributed by atoms with Crippen molar-refractivity contribution in [3.05, 3.63) is 11.7 Å². The van der Waals surface area contributed by atoms with Crippen LogP contribution in [0.4, 0.5) is 0 Å². The number of nitrogens with zero attached hydrogens (tertiary/aromatic N) is 2. The number of rotatable bonds is 3. The maximum Gasteiger partial charge on any atom is 0.313 e. The molecule has 0 atom stereocenters. The zero-order valence-electron chi connectivity index (χ0n) is 7.23. The Labute approximate surface area is 73.9 Å². The third-order valence-electron chi connectivity index (χ3n) is 1.31. The first kappa shape index (κ1) is 9.37. The van der Waals surface area contributed by atoms with E-state index >= 15 is 0 Å². The maximum absolute atomic E-state index is 11.1. The zero-order chi connectivity index (χ0) is 9.84. The summed E-state index contributed by atoms with van der Waals surface area (Å²) in [7, 11) is 1.21. The number of ether oxygens (including phenoxy) is 1. The van der Waals surface area contributed by atoms with Gasteiger partial charge in [-0.05, 0) is 0 Å². The summed E-state index contributed by atoms with van der Waals surface area (Å²) in [6.07, 6.45) is -0.366. The van der Waals surface area contributed by atoms with Gasteiger partial charge in [0.1, 0.15) is 6.42 Å². The standard InChI is InChI=1S/C7H8N2O4/c1-4-8-7(9-13-4)5(10)3-6(11)12-2/h3H2,1-2H3. The number of hydrogen-bond acceptors (Lipinski definition) is 6. The summed E-state index contributed by atoms with van der Waals surface area (Å²) in [4.78, 5) is 25.5. The van der Waals surface area contributed by atoms with Gasteiger partial charge >= 0.3 is 5.97 Å². The van der Waals surface area contributed by atoms with Crippen LogP contribution in [-0.4, -0.2) is 29.0 Å². The van der Waals surface area contributed by atoms with Crippen molar-refractivity contribution in [2.45, 2.75) is 13.3 Å². The van der Waals surface area contributed by atoms with Crippen molar-refractivity contribution in [3.8, 4) is 0 Å². The van der Waals surface area contributed by atoms with Crippen LogP contribution in [0.15, 0.2) is 4.52 Å². The van der Waals surface area contributed by atoms with Gasteiger partial charge in [-0.1, -0.05) is 5.16 Å². The number of ketones is 1. The molecule has 70 valence electrons. The summed E-state index contributed by atoms with van der Waals surface area (Å²) in [5.41, 5.74) is 0. The minimum Gasteiger partial charge on any atom is -0.469 e. The quantitative estimate of drug-likeness (QED) is 0.377. The zero-order valence-corrected chi connectivity index (χ0v) is 7.23. The summed E-state index contributed by atoms with van der Waals surface area (Å²) in [5, 5.41) is 3.36. The molecule has 0 spiro atoms. The summed E-state index contributed by atoms with van der Waals surface area (Å²) < 4.78 is 8.87. The van der Waals surface area contributed by atoms with E-state index in [9.17, 15) is 9.59 Å². The molecule has 0 saturated heterocycles. The molecule has 6 heteroatoms. The average Bonchev–Trinajstić information content (AvgIpc) is 2.51. The predicted molar refractivity (Wildman–Crippen MR) is 40.0 cm³/mol. The minimum absolute atomic E-state index is 0.0945. The van der Waals surface area contributed by atoms with Crippen molar-refractivity contribution >= 4 is 11.8 Å². The van der Waals surface area contributed by atoms with Crippen molar-refractivity contribution in [2.24, 2.45) is 0 Å². The van der Waals surface area contributed by atoms with Crippen LogP contribution in [0.25, 0.3) is 0 Å². The van der Waals surface area contributed by atoms with E-state index in [1.54, 1.807) is 6.92 Å². The van der Waals surface area contributed by atoms with Crippen LogP contribution < -0.4 is 0 Å². The highest BCUT2D eigenvalue weighted by Crippen LogP contribution is 1.99. The Hall–Kier alpha value is -1.72. The van der Waals surface area contributed by atoms with Gasteiger partial charge in [-0.2, -0.15) is 4.98 Å². The smallest absolute Gasteiger partial charge is 0.313 e.